The van der Waals surface area contributed by atoms with Gasteiger partial charge in [-0.3, -0.25) is 4.79 Å². The first kappa shape index (κ1) is 15.7. The van der Waals surface area contributed by atoms with E-state index in [1.54, 1.807) is 6.92 Å². The molecule has 0 aliphatic carbocycles. The van der Waals surface area contributed by atoms with Crippen LogP contribution in [0.1, 0.15) is 13.8 Å². The lowest BCUT2D eigenvalue weighted by Crippen LogP contribution is -2.44. The van der Waals surface area contributed by atoms with Crippen molar-refractivity contribution in [1.29, 1.82) is 0 Å². The Morgan fingerprint density at radius 3 is 2.37 bits per heavy atom. The molecule has 0 amide bonds. The van der Waals surface area contributed by atoms with Crippen molar-refractivity contribution in [2.45, 2.75) is 13.8 Å². The molecule has 0 aromatic heterocycles. The van der Waals surface area contributed by atoms with Crippen LogP contribution in [0.25, 0.3) is 0 Å². The van der Waals surface area contributed by atoms with Crippen LogP contribution in [0, 0.1) is 5.41 Å². The van der Waals surface area contributed by atoms with Gasteiger partial charge < -0.3 is 23.7 Å². The molecule has 19 heavy (non-hydrogen) atoms. The number of carbonyl (C=O) groups excluding carboxylic acids is 2. The van der Waals surface area contributed by atoms with Crippen LogP contribution in [0.5, 0.6) is 0 Å². The standard InChI is InChI=1S/C12H20O7/c1-3-15-4-5-16-6-7-17-10(13)12(2)8-18-11(14)19-9-12/h3-9H2,1-2H3. The van der Waals surface area contributed by atoms with Crippen molar-refractivity contribution in [2.24, 2.45) is 5.41 Å². The zero-order chi connectivity index (χ0) is 14.1. The number of carbonyl (C=O) groups is 2. The van der Waals surface area contributed by atoms with Crippen LogP contribution in [0.2, 0.25) is 0 Å². The van der Waals surface area contributed by atoms with Crippen LogP contribution in [0.4, 0.5) is 4.79 Å². The van der Waals surface area contributed by atoms with E-state index in [4.69, 9.17) is 14.2 Å². The van der Waals surface area contributed by atoms with Crippen molar-refractivity contribution < 1.29 is 33.3 Å². The van der Waals surface area contributed by atoms with Gasteiger partial charge >= 0.3 is 12.1 Å². The van der Waals surface area contributed by atoms with Crippen LogP contribution >= 0.6 is 0 Å². The van der Waals surface area contributed by atoms with E-state index in [1.165, 1.54) is 0 Å². The van der Waals surface area contributed by atoms with Crippen molar-refractivity contribution in [3.8, 4) is 0 Å². The van der Waals surface area contributed by atoms with Gasteiger partial charge in [0, 0.05) is 6.61 Å². The van der Waals surface area contributed by atoms with Crippen LogP contribution < -0.4 is 0 Å². The third-order valence-electron chi connectivity index (χ3n) is 2.55. The van der Waals surface area contributed by atoms with E-state index in [0.29, 0.717) is 26.4 Å². The van der Waals surface area contributed by atoms with E-state index in [1.807, 2.05) is 6.92 Å². The summed E-state index contributed by atoms with van der Waals surface area (Å²) in [6.07, 6.45) is -0.760. The van der Waals surface area contributed by atoms with Crippen LogP contribution in [0.15, 0.2) is 0 Å². The van der Waals surface area contributed by atoms with Gasteiger partial charge in [0.1, 0.15) is 25.2 Å². The Labute approximate surface area is 112 Å². The first-order chi connectivity index (χ1) is 9.08. The lowest BCUT2D eigenvalue weighted by Gasteiger charge is -2.29. The Hall–Kier alpha value is -1.34. The molecule has 0 aromatic carbocycles. The number of esters is 1. The van der Waals surface area contributed by atoms with Gasteiger partial charge in [0.2, 0.25) is 0 Å². The minimum absolute atomic E-state index is 0.0319. The zero-order valence-corrected chi connectivity index (χ0v) is 11.3. The predicted octanol–water partition coefficient (Wildman–Crippen LogP) is 0.756. The van der Waals surface area contributed by atoms with Gasteiger partial charge in [0.25, 0.3) is 0 Å². The van der Waals surface area contributed by atoms with E-state index >= 15 is 0 Å². The average Bonchev–Trinajstić information content (AvgIpc) is 2.41. The molecular formula is C12H20O7. The third kappa shape index (κ3) is 5.44. The Balaban J connectivity index is 2.12. The molecule has 1 fully saturated rings. The van der Waals surface area contributed by atoms with Crippen molar-refractivity contribution in [3.63, 3.8) is 0 Å². The highest BCUT2D eigenvalue weighted by molar-refractivity contribution is 5.78. The maximum Gasteiger partial charge on any atom is 0.508 e. The maximum atomic E-state index is 11.8. The minimum atomic E-state index is -0.945. The molecule has 1 saturated heterocycles. The van der Waals surface area contributed by atoms with Gasteiger partial charge in [-0.25, -0.2) is 4.79 Å². The van der Waals surface area contributed by atoms with Crippen molar-refractivity contribution in [3.05, 3.63) is 0 Å². The molecule has 0 bridgehead atoms. The summed E-state index contributed by atoms with van der Waals surface area (Å²) in [6.45, 7) is 5.54. The molecule has 1 rings (SSSR count). The van der Waals surface area contributed by atoms with Crippen LogP contribution in [-0.2, 0) is 28.5 Å². The molecule has 0 atom stereocenters. The smallest absolute Gasteiger partial charge is 0.463 e. The molecule has 0 unspecified atom stereocenters. The van der Waals surface area contributed by atoms with E-state index in [9.17, 15) is 9.59 Å². The highest BCUT2D eigenvalue weighted by Gasteiger charge is 2.41. The number of cyclic esters (lactones) is 2. The second-order valence-electron chi connectivity index (χ2n) is 4.33. The highest BCUT2D eigenvalue weighted by atomic mass is 16.7. The Kier molecular flexibility index (Phi) is 6.58. The number of ether oxygens (including phenoxy) is 5. The van der Waals surface area contributed by atoms with Crippen LogP contribution in [0.3, 0.4) is 0 Å². The molecule has 0 radical (unpaired) electrons. The summed E-state index contributed by atoms with van der Waals surface area (Å²) < 4.78 is 24.7. The molecule has 7 nitrogen and oxygen atoms in total. The fourth-order valence-electron chi connectivity index (χ4n) is 1.37. The van der Waals surface area contributed by atoms with Gasteiger partial charge in [-0.05, 0) is 13.8 Å². The lowest BCUT2D eigenvalue weighted by atomic mass is 9.93. The maximum absolute atomic E-state index is 11.8. The second kappa shape index (κ2) is 7.96. The van der Waals surface area contributed by atoms with Crippen LogP contribution in [-0.4, -0.2) is 58.4 Å². The summed E-state index contributed by atoms with van der Waals surface area (Å²) in [5, 5.41) is 0. The number of hydrogen-bond acceptors (Lipinski definition) is 7. The van der Waals surface area contributed by atoms with Crippen molar-refractivity contribution in [1.82, 2.24) is 0 Å². The molecule has 110 valence electrons. The van der Waals surface area contributed by atoms with Gasteiger partial charge in [-0.15, -0.1) is 0 Å². The summed E-state index contributed by atoms with van der Waals surface area (Å²) in [5.41, 5.74) is -0.945. The Bertz CT molecular complexity index is 292. The average molecular weight is 276 g/mol. The monoisotopic (exact) mass is 276 g/mol. The fraction of sp³-hybridized carbons (Fsp3) is 0.833. The van der Waals surface area contributed by atoms with Crippen molar-refractivity contribution in [2.75, 3.05) is 46.2 Å². The molecule has 1 aliphatic rings. The van der Waals surface area contributed by atoms with Gasteiger partial charge in [-0.1, -0.05) is 0 Å². The summed E-state index contributed by atoms with van der Waals surface area (Å²) in [4.78, 5) is 22.5. The van der Waals surface area contributed by atoms with Gasteiger partial charge in [0.15, 0.2) is 0 Å². The summed E-state index contributed by atoms with van der Waals surface area (Å²) in [5.74, 6) is -0.464. The fourth-order valence-corrected chi connectivity index (χ4v) is 1.37. The zero-order valence-electron chi connectivity index (χ0n) is 11.3. The molecule has 0 spiro atoms. The summed E-state index contributed by atoms with van der Waals surface area (Å²) >= 11 is 0. The molecule has 0 N–H and O–H groups in total. The second-order valence-corrected chi connectivity index (χ2v) is 4.33. The predicted molar refractivity (Wildman–Crippen MR) is 63.7 cm³/mol. The molecule has 0 saturated carbocycles. The van der Waals surface area contributed by atoms with E-state index in [0.717, 1.165) is 0 Å². The molecular weight excluding hydrogens is 256 g/mol. The third-order valence-corrected chi connectivity index (χ3v) is 2.55. The van der Waals surface area contributed by atoms with Gasteiger partial charge in [0.05, 0.1) is 19.8 Å². The first-order valence-corrected chi connectivity index (χ1v) is 6.21. The summed E-state index contributed by atoms with van der Waals surface area (Å²) in [6, 6.07) is 0. The Morgan fingerprint density at radius 1 is 1.16 bits per heavy atom. The van der Waals surface area contributed by atoms with E-state index in [2.05, 4.69) is 9.47 Å². The SMILES string of the molecule is CCOCCOCCOC(=O)C1(C)COC(=O)OC1. The molecule has 1 aliphatic heterocycles. The normalized spacial score (nSPS) is 17.5. The summed E-state index contributed by atoms with van der Waals surface area (Å²) in [7, 11) is 0. The number of rotatable bonds is 8. The Morgan fingerprint density at radius 2 is 1.74 bits per heavy atom. The minimum Gasteiger partial charge on any atom is -0.463 e. The largest absolute Gasteiger partial charge is 0.508 e. The first-order valence-electron chi connectivity index (χ1n) is 6.21. The van der Waals surface area contributed by atoms with E-state index in [-0.39, 0.29) is 19.8 Å². The topological polar surface area (TPSA) is 80.3 Å². The quantitative estimate of drug-likeness (QED) is 0.478. The molecule has 0 aromatic rings. The lowest BCUT2D eigenvalue weighted by molar-refractivity contribution is -0.167. The van der Waals surface area contributed by atoms with Gasteiger partial charge in [-0.2, -0.15) is 0 Å². The molecule has 1 heterocycles. The van der Waals surface area contributed by atoms with Crippen molar-refractivity contribution >= 4 is 12.1 Å². The molecule has 7 heteroatoms. The van der Waals surface area contributed by atoms with E-state index < -0.39 is 17.5 Å². The number of hydrogen-bond donors (Lipinski definition) is 0. The highest BCUT2D eigenvalue weighted by Crippen LogP contribution is 2.23.